The topological polar surface area (TPSA) is 120 Å². The van der Waals surface area contributed by atoms with E-state index in [2.05, 4.69) is 20.1 Å². The number of hydrogen-bond donors (Lipinski definition) is 0. The Labute approximate surface area is 157 Å². The summed E-state index contributed by atoms with van der Waals surface area (Å²) in [6.45, 7) is 0.816. The third-order valence-electron chi connectivity index (χ3n) is 4.66. The number of likely N-dealkylation sites (tertiary alicyclic amines) is 1. The first-order chi connectivity index (χ1) is 13.7. The van der Waals surface area contributed by atoms with Gasteiger partial charge in [0.1, 0.15) is 6.54 Å². The van der Waals surface area contributed by atoms with Crippen LogP contribution in [0, 0.1) is 0 Å². The monoisotopic (exact) mass is 378 g/mol. The molecule has 0 aliphatic carbocycles. The van der Waals surface area contributed by atoms with Crippen molar-refractivity contribution in [3.63, 3.8) is 0 Å². The van der Waals surface area contributed by atoms with Gasteiger partial charge in [-0.15, -0.1) is 0 Å². The first-order valence-electron chi connectivity index (χ1n) is 8.66. The Hall–Kier alpha value is -3.82. The largest absolute Gasteiger partial charge is 0.420 e. The number of fused-ring (bicyclic) bond motifs is 1. The molecule has 10 nitrogen and oxygen atoms in total. The molecule has 28 heavy (non-hydrogen) atoms. The maximum absolute atomic E-state index is 12.5. The first-order valence-corrected chi connectivity index (χ1v) is 8.66. The van der Waals surface area contributed by atoms with E-state index in [4.69, 9.17) is 8.94 Å². The van der Waals surface area contributed by atoms with Gasteiger partial charge in [-0.1, -0.05) is 17.3 Å². The van der Waals surface area contributed by atoms with Crippen molar-refractivity contribution in [2.45, 2.75) is 12.5 Å². The normalized spacial score (nSPS) is 14.4. The molecule has 1 aliphatic rings. The molecular weight excluding hydrogens is 364 g/mol. The van der Waals surface area contributed by atoms with E-state index in [9.17, 15) is 9.59 Å². The van der Waals surface area contributed by atoms with Crippen LogP contribution in [0.1, 0.15) is 11.8 Å². The summed E-state index contributed by atoms with van der Waals surface area (Å²) >= 11 is 0. The third-order valence-corrected chi connectivity index (χ3v) is 4.66. The van der Waals surface area contributed by atoms with E-state index in [0.717, 1.165) is 0 Å². The van der Waals surface area contributed by atoms with Gasteiger partial charge in [0.2, 0.25) is 23.4 Å². The van der Waals surface area contributed by atoms with E-state index in [1.807, 2.05) is 0 Å². The van der Waals surface area contributed by atoms with Crippen LogP contribution >= 0.6 is 0 Å². The fourth-order valence-electron chi connectivity index (χ4n) is 3.14. The zero-order chi connectivity index (χ0) is 19.1. The van der Waals surface area contributed by atoms with Gasteiger partial charge in [0, 0.05) is 25.5 Å². The molecule has 0 bridgehead atoms. The number of carbonyl (C=O) groups excluding carboxylic acids is 1. The Morgan fingerprint density at radius 1 is 1.11 bits per heavy atom. The van der Waals surface area contributed by atoms with Crippen LogP contribution in [-0.4, -0.2) is 48.6 Å². The second-order valence-corrected chi connectivity index (χ2v) is 6.45. The molecule has 1 fully saturated rings. The van der Waals surface area contributed by atoms with Crippen molar-refractivity contribution in [2.24, 2.45) is 0 Å². The van der Waals surface area contributed by atoms with Crippen LogP contribution in [0.5, 0.6) is 0 Å². The zero-order valence-electron chi connectivity index (χ0n) is 14.6. The van der Waals surface area contributed by atoms with Gasteiger partial charge in [-0.05, 0) is 18.2 Å². The SMILES string of the molecule is O=C(Cn1c(=O)oc2ccccc21)N1CC(c2nc(-c3ncccn3)no2)C1. The zero-order valence-corrected chi connectivity index (χ0v) is 14.6. The lowest BCUT2D eigenvalue weighted by molar-refractivity contribution is -0.136. The average Bonchev–Trinajstić information content (AvgIpc) is 3.27. The highest BCUT2D eigenvalue weighted by Crippen LogP contribution is 2.27. The Morgan fingerprint density at radius 3 is 2.71 bits per heavy atom. The lowest BCUT2D eigenvalue weighted by Gasteiger charge is -2.37. The first kappa shape index (κ1) is 16.4. The molecule has 0 atom stereocenters. The molecule has 3 aromatic heterocycles. The number of oxazole rings is 1. The summed E-state index contributed by atoms with van der Waals surface area (Å²) in [4.78, 5) is 38.7. The minimum Gasteiger partial charge on any atom is -0.408 e. The molecule has 140 valence electrons. The highest BCUT2D eigenvalue weighted by Gasteiger charge is 2.36. The molecule has 1 saturated heterocycles. The van der Waals surface area contributed by atoms with Crippen molar-refractivity contribution in [1.82, 2.24) is 29.6 Å². The van der Waals surface area contributed by atoms with E-state index in [-0.39, 0.29) is 18.4 Å². The van der Waals surface area contributed by atoms with Crippen LogP contribution in [0.15, 0.2) is 56.5 Å². The molecule has 0 spiro atoms. The van der Waals surface area contributed by atoms with E-state index in [1.165, 1.54) is 4.57 Å². The molecule has 5 rings (SSSR count). The van der Waals surface area contributed by atoms with E-state index >= 15 is 0 Å². The number of nitrogens with zero attached hydrogens (tertiary/aromatic N) is 6. The number of aromatic nitrogens is 5. The summed E-state index contributed by atoms with van der Waals surface area (Å²) in [5.74, 6) is 0.379. The minimum absolute atomic E-state index is 0.0493. The molecule has 1 aromatic carbocycles. The maximum atomic E-state index is 12.5. The summed E-state index contributed by atoms with van der Waals surface area (Å²) in [6.07, 6.45) is 3.20. The van der Waals surface area contributed by atoms with Gasteiger partial charge < -0.3 is 13.8 Å². The van der Waals surface area contributed by atoms with Crippen LogP contribution in [-0.2, 0) is 11.3 Å². The number of amides is 1. The minimum atomic E-state index is -0.545. The molecule has 0 unspecified atom stereocenters. The van der Waals surface area contributed by atoms with Gasteiger partial charge in [-0.25, -0.2) is 14.8 Å². The lowest BCUT2D eigenvalue weighted by Crippen LogP contribution is -2.50. The number of hydrogen-bond acceptors (Lipinski definition) is 8. The van der Waals surface area contributed by atoms with Crippen LogP contribution in [0.25, 0.3) is 22.7 Å². The molecule has 10 heteroatoms. The van der Waals surface area contributed by atoms with Gasteiger partial charge in [0.05, 0.1) is 11.4 Å². The maximum Gasteiger partial charge on any atom is 0.420 e. The smallest absolute Gasteiger partial charge is 0.408 e. The summed E-state index contributed by atoms with van der Waals surface area (Å²) < 4.78 is 11.8. The number of carbonyl (C=O) groups is 1. The summed E-state index contributed by atoms with van der Waals surface area (Å²) in [5.41, 5.74) is 1.06. The highest BCUT2D eigenvalue weighted by molar-refractivity contribution is 5.80. The standard InChI is InChI=1S/C18H14N6O4/c25-14(10-24-12-4-1-2-5-13(12)27-18(24)26)23-8-11(9-23)17-21-16(22-28-17)15-19-6-3-7-20-15/h1-7,11H,8-10H2. The van der Waals surface area contributed by atoms with Gasteiger partial charge in [-0.2, -0.15) is 4.98 Å². The summed E-state index contributed by atoms with van der Waals surface area (Å²) in [5, 5.41) is 3.89. The molecule has 4 aromatic rings. The van der Waals surface area contributed by atoms with Crippen LogP contribution in [0.3, 0.4) is 0 Å². The third kappa shape index (κ3) is 2.75. The Balaban J connectivity index is 1.26. The van der Waals surface area contributed by atoms with Crippen LogP contribution in [0.4, 0.5) is 0 Å². The molecule has 0 radical (unpaired) electrons. The number of rotatable bonds is 4. The summed E-state index contributed by atoms with van der Waals surface area (Å²) in [6, 6.07) is 8.71. The molecule has 1 amide bonds. The predicted molar refractivity (Wildman–Crippen MR) is 95.1 cm³/mol. The Bertz CT molecular complexity index is 1210. The number of benzene rings is 1. The van der Waals surface area contributed by atoms with E-state index < -0.39 is 5.76 Å². The van der Waals surface area contributed by atoms with E-state index in [1.54, 1.807) is 47.6 Å². The van der Waals surface area contributed by atoms with Gasteiger partial charge in [-0.3, -0.25) is 9.36 Å². The molecular formula is C18H14N6O4. The fourth-order valence-corrected chi connectivity index (χ4v) is 3.14. The summed E-state index contributed by atoms with van der Waals surface area (Å²) in [7, 11) is 0. The second kappa shape index (κ2) is 6.41. The van der Waals surface area contributed by atoms with Gasteiger partial charge >= 0.3 is 5.76 Å². The molecule has 4 heterocycles. The predicted octanol–water partition coefficient (Wildman–Crippen LogP) is 1.06. The fraction of sp³-hybridized carbons (Fsp3) is 0.222. The number of para-hydroxylation sites is 2. The van der Waals surface area contributed by atoms with Crippen molar-refractivity contribution in [3.8, 4) is 11.6 Å². The molecule has 0 saturated carbocycles. The average molecular weight is 378 g/mol. The van der Waals surface area contributed by atoms with Crippen molar-refractivity contribution < 1.29 is 13.7 Å². The molecule has 1 aliphatic heterocycles. The van der Waals surface area contributed by atoms with Crippen molar-refractivity contribution in [3.05, 3.63) is 59.2 Å². The Morgan fingerprint density at radius 2 is 1.89 bits per heavy atom. The lowest BCUT2D eigenvalue weighted by atomic mass is 10.00. The molecule has 0 N–H and O–H groups in total. The van der Waals surface area contributed by atoms with Gasteiger partial charge in [0.25, 0.3) is 0 Å². The Kier molecular flexibility index (Phi) is 3.75. The van der Waals surface area contributed by atoms with Crippen molar-refractivity contribution >= 4 is 17.0 Å². The van der Waals surface area contributed by atoms with Crippen LogP contribution < -0.4 is 5.76 Å². The van der Waals surface area contributed by atoms with E-state index in [0.29, 0.717) is 41.7 Å². The highest BCUT2D eigenvalue weighted by atomic mass is 16.5. The van der Waals surface area contributed by atoms with Crippen molar-refractivity contribution in [2.75, 3.05) is 13.1 Å². The van der Waals surface area contributed by atoms with Gasteiger partial charge in [0.15, 0.2) is 5.58 Å². The van der Waals surface area contributed by atoms with Crippen molar-refractivity contribution in [1.29, 1.82) is 0 Å². The quantitative estimate of drug-likeness (QED) is 0.517. The van der Waals surface area contributed by atoms with Crippen LogP contribution in [0.2, 0.25) is 0 Å². The second-order valence-electron chi connectivity index (χ2n) is 6.45.